The van der Waals surface area contributed by atoms with E-state index in [2.05, 4.69) is 17.6 Å². The van der Waals surface area contributed by atoms with Crippen molar-refractivity contribution in [1.82, 2.24) is 5.32 Å². The van der Waals surface area contributed by atoms with Crippen molar-refractivity contribution in [3.63, 3.8) is 0 Å². The number of benzene rings is 2. The fraction of sp³-hybridized carbons (Fsp3) is 0.280. The predicted octanol–water partition coefficient (Wildman–Crippen LogP) is 5.36. The molecule has 0 atom stereocenters. The zero-order chi connectivity index (χ0) is 25.8. The third kappa shape index (κ3) is 5.84. The van der Waals surface area contributed by atoms with Crippen LogP contribution in [0, 0.1) is 16.0 Å². The van der Waals surface area contributed by atoms with Crippen LogP contribution in [-0.4, -0.2) is 34.1 Å². The van der Waals surface area contributed by atoms with Crippen LogP contribution < -0.4 is 15.5 Å². The Balaban J connectivity index is 1.47. The van der Waals surface area contributed by atoms with E-state index in [1.54, 1.807) is 42.5 Å². The van der Waals surface area contributed by atoms with Gasteiger partial charge in [0, 0.05) is 30.3 Å². The number of aliphatic hydroxyl groups is 1. The van der Waals surface area contributed by atoms with Gasteiger partial charge < -0.3 is 19.7 Å². The summed E-state index contributed by atoms with van der Waals surface area (Å²) in [5.74, 6) is 0.960. The number of nitrogens with one attached hydrogen (secondary N) is 2. The molecule has 3 aromatic rings. The van der Waals surface area contributed by atoms with E-state index >= 15 is 0 Å². The third-order valence-electron chi connectivity index (χ3n) is 6.10. The molecule has 9 nitrogen and oxygen atoms in total. The Hall–Kier alpha value is -3.47. The summed E-state index contributed by atoms with van der Waals surface area (Å²) in [7, 11) is 0. The van der Waals surface area contributed by atoms with Crippen molar-refractivity contribution >= 4 is 51.9 Å². The van der Waals surface area contributed by atoms with E-state index in [0.29, 0.717) is 39.4 Å². The quantitative estimate of drug-likeness (QED) is 0.222. The van der Waals surface area contributed by atoms with E-state index in [9.17, 15) is 20.0 Å². The second kappa shape index (κ2) is 11.1. The van der Waals surface area contributed by atoms with E-state index in [0.717, 1.165) is 25.9 Å². The van der Waals surface area contributed by atoms with Crippen LogP contribution in [0.25, 0.3) is 11.3 Å². The first-order valence-corrected chi connectivity index (χ1v) is 12.2. The lowest BCUT2D eigenvalue weighted by molar-refractivity contribution is -0.384. The first-order chi connectivity index (χ1) is 17.2. The number of furan rings is 1. The van der Waals surface area contributed by atoms with E-state index in [-0.39, 0.29) is 23.0 Å². The highest BCUT2D eigenvalue weighted by Gasteiger charge is 2.25. The monoisotopic (exact) mass is 528 g/mol. The van der Waals surface area contributed by atoms with Gasteiger partial charge in [-0.15, -0.1) is 0 Å². The number of aliphatic hydroxyl groups excluding tert-OH is 1. The van der Waals surface area contributed by atoms with Crippen LogP contribution in [0.2, 0.25) is 5.02 Å². The number of thiocarbonyl (C=S) groups is 1. The molecule has 0 saturated carbocycles. The standard InChI is InChI=1S/C25H25ClN4O5S/c1-15-8-10-29(11-9-15)21-6-3-17(13-22(21)30(33)34)24(32)28-25(36)27-20-12-16(2-5-19(20)26)23-7-4-18(14-31)35-23/h2-7,12-13,15,31H,8-11,14H2,1H3,(H2,27,28,32,36). The number of piperidine rings is 1. The van der Waals surface area contributed by atoms with Gasteiger partial charge in [0.15, 0.2) is 5.11 Å². The van der Waals surface area contributed by atoms with Crippen molar-refractivity contribution in [3.8, 4) is 11.3 Å². The SMILES string of the molecule is CC1CCN(c2ccc(C(=O)NC(=S)Nc3cc(-c4ccc(CO)o4)ccc3Cl)cc2[N+](=O)[O-])CC1. The van der Waals surface area contributed by atoms with Crippen molar-refractivity contribution in [3.05, 3.63) is 75.0 Å². The predicted molar refractivity (Wildman–Crippen MR) is 142 cm³/mol. The van der Waals surface area contributed by atoms with Crippen LogP contribution in [0.1, 0.15) is 35.9 Å². The number of hydrogen-bond acceptors (Lipinski definition) is 7. The summed E-state index contributed by atoms with van der Waals surface area (Å²) in [6, 6.07) is 12.9. The molecule has 0 bridgehead atoms. The molecule has 1 aromatic heterocycles. The van der Waals surface area contributed by atoms with Gasteiger partial charge in [0.1, 0.15) is 23.8 Å². The van der Waals surface area contributed by atoms with E-state index in [4.69, 9.17) is 28.2 Å². The van der Waals surface area contributed by atoms with Gasteiger partial charge in [0.2, 0.25) is 0 Å². The molecule has 1 fully saturated rings. The van der Waals surface area contributed by atoms with E-state index in [1.165, 1.54) is 6.07 Å². The normalized spacial score (nSPS) is 13.9. The molecule has 1 amide bonds. The van der Waals surface area contributed by atoms with Crippen LogP contribution in [-0.2, 0) is 6.61 Å². The van der Waals surface area contributed by atoms with E-state index in [1.807, 2.05) is 4.90 Å². The Morgan fingerprint density at radius 1 is 1.22 bits per heavy atom. The number of carbonyl (C=O) groups excluding carboxylic acids is 1. The van der Waals surface area contributed by atoms with Crippen LogP contribution >= 0.6 is 23.8 Å². The zero-order valence-corrected chi connectivity index (χ0v) is 21.1. The van der Waals surface area contributed by atoms with Gasteiger partial charge in [-0.05, 0) is 73.4 Å². The minimum Gasteiger partial charge on any atom is -0.459 e. The van der Waals surface area contributed by atoms with Gasteiger partial charge in [-0.25, -0.2) is 0 Å². The fourth-order valence-electron chi connectivity index (χ4n) is 4.05. The van der Waals surface area contributed by atoms with Crippen molar-refractivity contribution in [1.29, 1.82) is 0 Å². The maximum absolute atomic E-state index is 12.8. The minimum atomic E-state index is -0.583. The smallest absolute Gasteiger partial charge is 0.293 e. The van der Waals surface area contributed by atoms with Crippen molar-refractivity contribution in [2.24, 2.45) is 5.92 Å². The molecule has 1 saturated heterocycles. The highest BCUT2D eigenvalue weighted by molar-refractivity contribution is 7.80. The highest BCUT2D eigenvalue weighted by Crippen LogP contribution is 2.33. The Bertz CT molecular complexity index is 1300. The van der Waals surface area contributed by atoms with Gasteiger partial charge in [-0.1, -0.05) is 18.5 Å². The molecule has 0 radical (unpaired) electrons. The van der Waals surface area contributed by atoms with E-state index < -0.39 is 10.8 Å². The molecule has 0 unspecified atom stereocenters. The lowest BCUT2D eigenvalue weighted by Gasteiger charge is -2.31. The van der Waals surface area contributed by atoms with Gasteiger partial charge in [0.25, 0.3) is 11.6 Å². The molecule has 2 heterocycles. The molecule has 3 N–H and O–H groups in total. The average molecular weight is 529 g/mol. The van der Waals surface area contributed by atoms with Crippen molar-refractivity contribution < 1.29 is 19.2 Å². The molecular formula is C25H25ClN4O5S. The molecule has 0 aliphatic carbocycles. The number of rotatable bonds is 6. The molecule has 11 heteroatoms. The number of hydrogen-bond donors (Lipinski definition) is 3. The van der Waals surface area contributed by atoms with Crippen LogP contribution in [0.3, 0.4) is 0 Å². The first kappa shape index (κ1) is 25.6. The fourth-order valence-corrected chi connectivity index (χ4v) is 4.42. The summed E-state index contributed by atoms with van der Waals surface area (Å²) >= 11 is 11.6. The first-order valence-electron chi connectivity index (χ1n) is 11.4. The topological polar surface area (TPSA) is 121 Å². The second-order valence-corrected chi connectivity index (χ2v) is 9.47. The second-order valence-electron chi connectivity index (χ2n) is 8.66. The maximum Gasteiger partial charge on any atom is 0.293 e. The van der Waals surface area contributed by atoms with Crippen LogP contribution in [0.5, 0.6) is 0 Å². The number of halogens is 1. The van der Waals surface area contributed by atoms with Gasteiger partial charge in [-0.3, -0.25) is 20.2 Å². The van der Waals surface area contributed by atoms with Gasteiger partial charge >= 0.3 is 0 Å². The summed E-state index contributed by atoms with van der Waals surface area (Å²) in [6.45, 7) is 3.43. The van der Waals surface area contributed by atoms with Crippen LogP contribution in [0.4, 0.5) is 17.1 Å². The van der Waals surface area contributed by atoms with Crippen LogP contribution in [0.15, 0.2) is 52.9 Å². The largest absolute Gasteiger partial charge is 0.459 e. The molecular weight excluding hydrogens is 504 g/mol. The van der Waals surface area contributed by atoms with Gasteiger partial charge in [-0.2, -0.15) is 0 Å². The Labute approximate surface area is 218 Å². The Morgan fingerprint density at radius 3 is 2.64 bits per heavy atom. The number of amides is 1. The summed E-state index contributed by atoms with van der Waals surface area (Å²) in [5.41, 5.74) is 1.63. The number of nitro benzene ring substituents is 1. The summed E-state index contributed by atoms with van der Waals surface area (Å²) in [5, 5.41) is 26.7. The molecule has 4 rings (SSSR count). The van der Waals surface area contributed by atoms with Gasteiger partial charge in [0.05, 0.1) is 15.6 Å². The number of nitro groups is 1. The Kier molecular flexibility index (Phi) is 7.88. The third-order valence-corrected chi connectivity index (χ3v) is 6.64. The summed E-state index contributed by atoms with van der Waals surface area (Å²) in [4.78, 5) is 26.1. The average Bonchev–Trinajstić information content (AvgIpc) is 3.35. The Morgan fingerprint density at radius 2 is 1.97 bits per heavy atom. The number of carbonyl (C=O) groups is 1. The molecule has 2 aromatic carbocycles. The molecule has 188 valence electrons. The molecule has 1 aliphatic rings. The minimum absolute atomic E-state index is 0.0220. The number of nitrogens with zero attached hydrogens (tertiary/aromatic N) is 2. The maximum atomic E-state index is 12.8. The molecule has 1 aliphatic heterocycles. The molecule has 36 heavy (non-hydrogen) atoms. The lowest BCUT2D eigenvalue weighted by Crippen LogP contribution is -2.35. The van der Waals surface area contributed by atoms with Crippen molar-refractivity contribution in [2.75, 3.05) is 23.3 Å². The lowest BCUT2D eigenvalue weighted by atomic mass is 9.98. The summed E-state index contributed by atoms with van der Waals surface area (Å²) in [6.07, 6.45) is 1.93. The van der Waals surface area contributed by atoms with Crippen molar-refractivity contribution in [2.45, 2.75) is 26.4 Å². The highest BCUT2D eigenvalue weighted by atomic mass is 35.5. The molecule has 0 spiro atoms. The number of anilines is 2. The zero-order valence-electron chi connectivity index (χ0n) is 19.5. The summed E-state index contributed by atoms with van der Waals surface area (Å²) < 4.78 is 5.55.